The van der Waals surface area contributed by atoms with Gasteiger partial charge in [-0.05, 0) is 48.2 Å². The van der Waals surface area contributed by atoms with Crippen molar-refractivity contribution >= 4 is 23.5 Å². The van der Waals surface area contributed by atoms with Crippen molar-refractivity contribution in [1.29, 1.82) is 5.26 Å². The fourth-order valence-corrected chi connectivity index (χ4v) is 6.07. The highest BCUT2D eigenvalue weighted by Gasteiger charge is 2.36. The Morgan fingerprint density at radius 1 is 1.02 bits per heavy atom. The molecule has 2 aliphatic rings. The Morgan fingerprint density at radius 3 is 2.60 bits per heavy atom. The zero-order chi connectivity index (χ0) is 29.3. The molecule has 5 rings (SSSR count). The molecule has 0 spiro atoms. The zero-order valence-electron chi connectivity index (χ0n) is 23.8. The second-order valence-corrected chi connectivity index (χ2v) is 11.7. The molecule has 2 aromatic carbocycles. The van der Waals surface area contributed by atoms with E-state index in [4.69, 9.17) is 16.9 Å². The number of amides is 3. The second kappa shape index (κ2) is 14.3. The van der Waals surface area contributed by atoms with E-state index in [9.17, 15) is 9.59 Å². The lowest BCUT2D eigenvalue weighted by Crippen LogP contribution is -2.63. The van der Waals surface area contributed by atoms with Crippen molar-refractivity contribution in [2.24, 2.45) is 0 Å². The van der Waals surface area contributed by atoms with E-state index in [-0.39, 0.29) is 18.0 Å². The summed E-state index contributed by atoms with van der Waals surface area (Å²) in [6, 6.07) is 16.8. The van der Waals surface area contributed by atoms with Crippen molar-refractivity contribution < 1.29 is 9.59 Å². The van der Waals surface area contributed by atoms with E-state index in [1.165, 1.54) is 6.42 Å². The molecule has 1 saturated heterocycles. The van der Waals surface area contributed by atoms with Crippen LogP contribution in [0.5, 0.6) is 0 Å². The van der Waals surface area contributed by atoms with Crippen LogP contribution in [-0.2, 0) is 24.3 Å². The van der Waals surface area contributed by atoms with Crippen molar-refractivity contribution in [2.75, 3.05) is 26.2 Å². The van der Waals surface area contributed by atoms with Crippen LogP contribution in [0.15, 0.2) is 61.1 Å². The molecule has 1 aliphatic carbocycles. The van der Waals surface area contributed by atoms with Gasteiger partial charge in [-0.3, -0.25) is 9.69 Å². The minimum Gasteiger partial charge on any atom is -0.354 e. The highest BCUT2D eigenvalue weighted by atomic mass is 35.5. The minimum absolute atomic E-state index is 0.148. The normalized spacial score (nSPS) is 17.9. The number of hydrogen-bond donors (Lipinski definition) is 2. The van der Waals surface area contributed by atoms with Crippen molar-refractivity contribution in [3.63, 3.8) is 0 Å². The van der Waals surface area contributed by atoms with Gasteiger partial charge in [-0.1, -0.05) is 55.1 Å². The zero-order valence-corrected chi connectivity index (χ0v) is 24.6. The van der Waals surface area contributed by atoms with Crippen LogP contribution in [0.25, 0.3) is 0 Å². The van der Waals surface area contributed by atoms with Crippen LogP contribution >= 0.6 is 11.6 Å². The molecular weight excluding hydrogens is 550 g/mol. The fourth-order valence-electron chi connectivity index (χ4n) is 5.86. The monoisotopic (exact) mass is 587 g/mol. The molecule has 3 aromatic rings. The fraction of sp³-hybridized carbons (Fsp3) is 0.438. The number of rotatable bonds is 9. The lowest BCUT2D eigenvalue weighted by molar-refractivity contribution is -0.127. The molecule has 2 heterocycles. The van der Waals surface area contributed by atoms with Crippen LogP contribution in [0.2, 0.25) is 5.02 Å². The summed E-state index contributed by atoms with van der Waals surface area (Å²) < 4.78 is 2.05. The van der Waals surface area contributed by atoms with Gasteiger partial charge in [0.2, 0.25) is 5.91 Å². The van der Waals surface area contributed by atoms with Crippen LogP contribution in [0.1, 0.15) is 54.5 Å². The number of carbonyl (C=O) groups excluding carboxylic acids is 2. The molecule has 0 bridgehead atoms. The van der Waals surface area contributed by atoms with E-state index in [1.807, 2.05) is 59.3 Å². The maximum atomic E-state index is 13.6. The summed E-state index contributed by atoms with van der Waals surface area (Å²) in [7, 11) is 0. The number of halogens is 1. The molecule has 10 heteroatoms. The first-order valence-electron chi connectivity index (χ1n) is 14.8. The number of benzene rings is 2. The van der Waals surface area contributed by atoms with Gasteiger partial charge in [-0.2, -0.15) is 5.26 Å². The van der Waals surface area contributed by atoms with Gasteiger partial charge in [-0.15, -0.1) is 0 Å². The number of nitrogens with one attached hydrogen (secondary N) is 2. The summed E-state index contributed by atoms with van der Waals surface area (Å²) in [5, 5.41) is 16.0. The highest BCUT2D eigenvalue weighted by Crippen LogP contribution is 2.20. The van der Waals surface area contributed by atoms with Crippen LogP contribution in [-0.4, -0.2) is 69.6 Å². The average Bonchev–Trinajstić information content (AvgIpc) is 3.44. The Morgan fingerprint density at radius 2 is 1.83 bits per heavy atom. The topological polar surface area (TPSA) is 106 Å². The predicted octanol–water partition coefficient (Wildman–Crippen LogP) is 4.34. The van der Waals surface area contributed by atoms with Crippen molar-refractivity contribution in [2.45, 2.75) is 63.7 Å². The largest absolute Gasteiger partial charge is 0.354 e. The first kappa shape index (κ1) is 29.6. The Hall–Kier alpha value is -3.87. The van der Waals surface area contributed by atoms with Crippen molar-refractivity contribution in [3.05, 3.63) is 88.5 Å². The molecule has 0 radical (unpaired) electrons. The standard InChI is InChI=1S/C32H38ClN7O2/c33-27-6-4-5-26(17-27)20-38-15-16-40(32(42)37-28-7-2-1-3-8-28)30(22-38)31(41)36-14-13-29-19-35-23-39(29)21-25-11-9-24(18-34)10-12-25/h4-6,9-12,17,19,23,28,30H,1-3,7-8,13-16,20-22H2,(H,36,41)(H,37,42)/t30-/m1/s1. The first-order chi connectivity index (χ1) is 20.5. The summed E-state index contributed by atoms with van der Waals surface area (Å²) in [5.74, 6) is -0.150. The van der Waals surface area contributed by atoms with Crippen molar-refractivity contribution in [1.82, 2.24) is 30.0 Å². The average molecular weight is 588 g/mol. The molecule has 2 N–H and O–H groups in total. The maximum Gasteiger partial charge on any atom is 0.318 e. The van der Waals surface area contributed by atoms with Gasteiger partial charge in [-0.25, -0.2) is 9.78 Å². The first-order valence-corrected chi connectivity index (χ1v) is 15.2. The number of nitriles is 1. The van der Waals surface area contributed by atoms with Gasteiger partial charge in [0.15, 0.2) is 0 Å². The van der Waals surface area contributed by atoms with Gasteiger partial charge < -0.3 is 20.1 Å². The third-order valence-electron chi connectivity index (χ3n) is 8.17. The summed E-state index contributed by atoms with van der Waals surface area (Å²) in [6.07, 6.45) is 9.66. The molecular formula is C32H38ClN7O2. The molecule has 2 fully saturated rings. The van der Waals surface area contributed by atoms with E-state index in [1.54, 1.807) is 11.2 Å². The molecule has 220 valence electrons. The number of urea groups is 1. The molecule has 1 aliphatic heterocycles. The molecule has 1 atom stereocenters. The number of imidazole rings is 1. The van der Waals surface area contributed by atoms with E-state index in [0.29, 0.717) is 56.3 Å². The summed E-state index contributed by atoms with van der Waals surface area (Å²) in [6.45, 7) is 3.34. The molecule has 42 heavy (non-hydrogen) atoms. The third-order valence-corrected chi connectivity index (χ3v) is 8.41. The Bertz CT molecular complexity index is 1390. The summed E-state index contributed by atoms with van der Waals surface area (Å²) in [5.41, 5.74) is 3.77. The van der Waals surface area contributed by atoms with Crippen LogP contribution in [0.4, 0.5) is 4.79 Å². The van der Waals surface area contributed by atoms with Gasteiger partial charge in [0.1, 0.15) is 6.04 Å². The summed E-state index contributed by atoms with van der Waals surface area (Å²) in [4.78, 5) is 35.2. The predicted molar refractivity (Wildman–Crippen MR) is 162 cm³/mol. The van der Waals surface area contributed by atoms with Gasteiger partial charge in [0.05, 0.1) is 18.0 Å². The van der Waals surface area contributed by atoms with Crippen LogP contribution in [0.3, 0.4) is 0 Å². The number of aromatic nitrogens is 2. The number of piperazine rings is 1. The number of nitrogens with zero attached hydrogens (tertiary/aromatic N) is 5. The molecule has 0 unspecified atom stereocenters. The van der Waals surface area contributed by atoms with Gasteiger partial charge >= 0.3 is 6.03 Å². The van der Waals surface area contributed by atoms with Crippen molar-refractivity contribution in [3.8, 4) is 6.07 Å². The molecule has 1 aromatic heterocycles. The van der Waals surface area contributed by atoms with E-state index >= 15 is 0 Å². The summed E-state index contributed by atoms with van der Waals surface area (Å²) >= 11 is 6.21. The Labute approximate surface area is 252 Å². The van der Waals surface area contributed by atoms with E-state index in [0.717, 1.165) is 42.5 Å². The molecule has 1 saturated carbocycles. The van der Waals surface area contributed by atoms with Gasteiger partial charge in [0.25, 0.3) is 0 Å². The Balaban J connectivity index is 1.21. The van der Waals surface area contributed by atoms with E-state index < -0.39 is 6.04 Å². The minimum atomic E-state index is -0.593. The number of carbonyl (C=O) groups is 2. The lowest BCUT2D eigenvalue weighted by atomic mass is 9.95. The van der Waals surface area contributed by atoms with E-state index in [2.05, 4.69) is 26.6 Å². The smallest absolute Gasteiger partial charge is 0.318 e. The highest BCUT2D eigenvalue weighted by molar-refractivity contribution is 6.30. The van der Waals surface area contributed by atoms with Gasteiger partial charge in [0, 0.05) is 68.6 Å². The second-order valence-electron chi connectivity index (χ2n) is 11.2. The molecule has 9 nitrogen and oxygen atoms in total. The maximum absolute atomic E-state index is 13.6. The van der Waals surface area contributed by atoms with Crippen LogP contribution in [0, 0.1) is 11.3 Å². The number of hydrogen-bond acceptors (Lipinski definition) is 5. The lowest BCUT2D eigenvalue weighted by Gasteiger charge is -2.41. The quantitative estimate of drug-likeness (QED) is 0.387. The molecule has 3 amide bonds. The van der Waals surface area contributed by atoms with Crippen LogP contribution < -0.4 is 10.6 Å². The third kappa shape index (κ3) is 7.90. The SMILES string of the molecule is N#Cc1ccc(Cn2cncc2CCNC(=O)[C@H]2CN(Cc3cccc(Cl)c3)CCN2C(=O)NC2CCCCC2)cc1. The Kier molecular flexibility index (Phi) is 10.1.